The molecule has 0 spiro atoms. The largest absolute Gasteiger partial charge is 0.348 e. The van der Waals surface area contributed by atoms with Gasteiger partial charge in [0, 0.05) is 32.4 Å². The van der Waals surface area contributed by atoms with Crippen LogP contribution in [0, 0.1) is 0 Å². The Morgan fingerprint density at radius 1 is 1.42 bits per heavy atom. The van der Waals surface area contributed by atoms with Crippen molar-refractivity contribution in [2.75, 3.05) is 33.7 Å². The average Bonchev–Trinajstić information content (AvgIpc) is 2.84. The Morgan fingerprint density at radius 2 is 2.16 bits per heavy atom. The minimum Gasteiger partial charge on any atom is -0.348 e. The van der Waals surface area contributed by atoms with E-state index in [1.165, 1.54) is 0 Å². The first-order valence-corrected chi connectivity index (χ1v) is 7.90. The highest BCUT2D eigenvalue weighted by Crippen LogP contribution is 2.12. The van der Waals surface area contributed by atoms with Crippen LogP contribution in [0.25, 0.3) is 0 Å². The summed E-state index contributed by atoms with van der Waals surface area (Å²) in [6.07, 6.45) is 1.92. The molecular weight excluding hydrogens is 282 g/mol. The molecule has 0 aromatic carbocycles. The fourth-order valence-corrected chi connectivity index (χ4v) is 2.71. The maximum Gasteiger partial charge on any atom is 0.236 e. The summed E-state index contributed by atoms with van der Waals surface area (Å²) in [5.41, 5.74) is 0.938. The summed E-state index contributed by atoms with van der Waals surface area (Å²) in [5.74, 6) is 0.614. The highest BCUT2D eigenvalue weighted by Gasteiger charge is 2.12. The normalized spacial score (nSPS) is 11.0. The third-order valence-corrected chi connectivity index (χ3v) is 4.01. The molecule has 0 saturated carbocycles. The summed E-state index contributed by atoms with van der Waals surface area (Å²) in [5, 5.41) is 3.09. The molecule has 0 aliphatic rings. The first-order valence-electron chi connectivity index (χ1n) is 6.48. The van der Waals surface area contributed by atoms with Gasteiger partial charge in [0.1, 0.15) is 0 Å². The summed E-state index contributed by atoms with van der Waals surface area (Å²) in [6, 6.07) is 0. The van der Waals surface area contributed by atoms with Gasteiger partial charge in [-0.05, 0) is 13.0 Å². The molecule has 1 rings (SSSR count). The van der Waals surface area contributed by atoms with Crippen LogP contribution in [-0.4, -0.2) is 54.4 Å². The van der Waals surface area contributed by atoms with E-state index in [0.717, 1.165) is 36.6 Å². The number of hydrogen-bond donors (Lipinski definition) is 0. The van der Waals surface area contributed by atoms with Crippen LogP contribution in [0.2, 0.25) is 0 Å². The summed E-state index contributed by atoms with van der Waals surface area (Å²) in [7, 11) is 3.58. The van der Waals surface area contributed by atoms with Gasteiger partial charge in [0.15, 0.2) is 0 Å². The van der Waals surface area contributed by atoms with E-state index < -0.39 is 0 Å². The van der Waals surface area contributed by atoms with Crippen molar-refractivity contribution in [1.82, 2.24) is 14.8 Å². The van der Waals surface area contributed by atoms with Crippen molar-refractivity contribution in [2.24, 2.45) is 0 Å². The number of carbonyl (C=O) groups is 1. The van der Waals surface area contributed by atoms with E-state index in [2.05, 4.69) is 16.8 Å². The van der Waals surface area contributed by atoms with Gasteiger partial charge in [-0.3, -0.25) is 9.69 Å². The second-order valence-electron chi connectivity index (χ2n) is 4.68. The van der Waals surface area contributed by atoms with E-state index in [0.29, 0.717) is 12.4 Å². The molecule has 0 unspecified atom stereocenters. The standard InChI is InChI=1S/C13H22ClN3OS/c1-4-6-17(9-13(18)16(2)3)7-5-12-15-11(8-14)10-19-12/h10H,4-9H2,1-3H3. The van der Waals surface area contributed by atoms with Crippen molar-refractivity contribution in [3.05, 3.63) is 16.1 Å². The number of rotatable bonds is 8. The number of nitrogens with zero attached hydrogens (tertiary/aromatic N) is 3. The summed E-state index contributed by atoms with van der Waals surface area (Å²) in [4.78, 5) is 20.0. The molecule has 1 heterocycles. The molecule has 108 valence electrons. The SMILES string of the molecule is CCCN(CCc1nc(CCl)cs1)CC(=O)N(C)C. The number of aromatic nitrogens is 1. The third-order valence-electron chi connectivity index (χ3n) is 2.78. The second kappa shape index (κ2) is 8.51. The third kappa shape index (κ3) is 5.89. The Labute approximate surface area is 124 Å². The van der Waals surface area contributed by atoms with Crippen LogP contribution in [-0.2, 0) is 17.1 Å². The molecule has 1 amide bonds. The Morgan fingerprint density at radius 3 is 2.68 bits per heavy atom. The smallest absolute Gasteiger partial charge is 0.236 e. The quantitative estimate of drug-likeness (QED) is 0.691. The van der Waals surface area contributed by atoms with E-state index in [1.54, 1.807) is 30.3 Å². The zero-order chi connectivity index (χ0) is 14.3. The minimum atomic E-state index is 0.147. The minimum absolute atomic E-state index is 0.147. The maximum atomic E-state index is 11.7. The van der Waals surface area contributed by atoms with Crippen LogP contribution in [0.3, 0.4) is 0 Å². The molecule has 4 nitrogen and oxygen atoms in total. The highest BCUT2D eigenvalue weighted by molar-refractivity contribution is 7.09. The molecule has 1 aromatic heterocycles. The number of amides is 1. The molecule has 0 atom stereocenters. The highest BCUT2D eigenvalue weighted by atomic mass is 35.5. The number of halogens is 1. The van der Waals surface area contributed by atoms with Crippen molar-refractivity contribution >= 4 is 28.8 Å². The van der Waals surface area contributed by atoms with E-state index in [-0.39, 0.29) is 5.91 Å². The zero-order valence-electron chi connectivity index (χ0n) is 11.9. The lowest BCUT2D eigenvalue weighted by molar-refractivity contribution is -0.129. The van der Waals surface area contributed by atoms with Gasteiger partial charge in [0.2, 0.25) is 5.91 Å². The lowest BCUT2D eigenvalue weighted by Crippen LogP contribution is -2.38. The van der Waals surface area contributed by atoms with Crippen LogP contribution < -0.4 is 0 Å². The molecule has 0 bridgehead atoms. The zero-order valence-corrected chi connectivity index (χ0v) is 13.4. The topological polar surface area (TPSA) is 36.4 Å². The second-order valence-corrected chi connectivity index (χ2v) is 5.89. The van der Waals surface area contributed by atoms with Gasteiger partial charge in [0.05, 0.1) is 23.1 Å². The van der Waals surface area contributed by atoms with Crippen molar-refractivity contribution in [3.63, 3.8) is 0 Å². The van der Waals surface area contributed by atoms with Gasteiger partial charge >= 0.3 is 0 Å². The summed E-state index contributed by atoms with van der Waals surface area (Å²) < 4.78 is 0. The fraction of sp³-hybridized carbons (Fsp3) is 0.692. The van der Waals surface area contributed by atoms with E-state index in [9.17, 15) is 4.79 Å². The molecule has 19 heavy (non-hydrogen) atoms. The molecule has 1 aromatic rings. The molecule has 0 N–H and O–H groups in total. The van der Waals surface area contributed by atoms with Gasteiger partial charge < -0.3 is 4.90 Å². The number of alkyl halides is 1. The predicted molar refractivity (Wildman–Crippen MR) is 80.8 cm³/mol. The van der Waals surface area contributed by atoms with Gasteiger partial charge in [0.25, 0.3) is 0 Å². The number of hydrogen-bond acceptors (Lipinski definition) is 4. The molecule has 0 fully saturated rings. The maximum absolute atomic E-state index is 11.7. The first-order chi connectivity index (χ1) is 9.06. The average molecular weight is 304 g/mol. The van der Waals surface area contributed by atoms with E-state index >= 15 is 0 Å². The monoisotopic (exact) mass is 303 g/mol. The Kier molecular flexibility index (Phi) is 7.34. The van der Waals surface area contributed by atoms with E-state index in [4.69, 9.17) is 11.6 Å². The van der Waals surface area contributed by atoms with Crippen LogP contribution in [0.5, 0.6) is 0 Å². The van der Waals surface area contributed by atoms with Crippen LogP contribution in [0.4, 0.5) is 0 Å². The van der Waals surface area contributed by atoms with Crippen molar-refractivity contribution < 1.29 is 4.79 Å². The molecule has 0 saturated heterocycles. The van der Waals surface area contributed by atoms with E-state index in [1.807, 2.05) is 5.38 Å². The number of carbonyl (C=O) groups excluding carboxylic acids is 1. The summed E-state index contributed by atoms with van der Waals surface area (Å²) >= 11 is 7.38. The Balaban J connectivity index is 2.46. The van der Waals surface area contributed by atoms with Gasteiger partial charge in [-0.15, -0.1) is 22.9 Å². The predicted octanol–water partition coefficient (Wildman–Crippen LogP) is 2.22. The van der Waals surface area contributed by atoms with Gasteiger partial charge in [-0.25, -0.2) is 4.98 Å². The summed E-state index contributed by atoms with van der Waals surface area (Å²) in [6.45, 7) is 4.41. The van der Waals surface area contributed by atoms with Crippen LogP contribution in [0.15, 0.2) is 5.38 Å². The number of thiazole rings is 1. The molecule has 0 aliphatic carbocycles. The van der Waals surface area contributed by atoms with Crippen LogP contribution >= 0.6 is 22.9 Å². The van der Waals surface area contributed by atoms with Gasteiger partial charge in [-0.1, -0.05) is 6.92 Å². The van der Waals surface area contributed by atoms with Crippen molar-refractivity contribution in [3.8, 4) is 0 Å². The Hall–Kier alpha value is -0.650. The van der Waals surface area contributed by atoms with Crippen molar-refractivity contribution in [2.45, 2.75) is 25.6 Å². The van der Waals surface area contributed by atoms with Crippen LogP contribution in [0.1, 0.15) is 24.0 Å². The Bertz CT molecular complexity index is 395. The lowest BCUT2D eigenvalue weighted by Gasteiger charge is -2.22. The molecular formula is C13H22ClN3OS. The lowest BCUT2D eigenvalue weighted by atomic mass is 10.3. The molecule has 0 radical (unpaired) electrons. The number of likely N-dealkylation sites (N-methyl/N-ethyl adjacent to an activating group) is 1. The molecule has 6 heteroatoms. The first kappa shape index (κ1) is 16.4. The fourth-order valence-electron chi connectivity index (χ4n) is 1.70. The van der Waals surface area contributed by atoms with Crippen molar-refractivity contribution in [1.29, 1.82) is 0 Å². The molecule has 0 aliphatic heterocycles. The van der Waals surface area contributed by atoms with Gasteiger partial charge in [-0.2, -0.15) is 0 Å².